The highest BCUT2D eigenvalue weighted by molar-refractivity contribution is 6.61. The maximum Gasteiger partial charge on any atom is 0.500 e. The molecule has 0 atom stereocenters. The summed E-state index contributed by atoms with van der Waals surface area (Å²) in [6.45, 7) is 16.7. The fourth-order valence-electron chi connectivity index (χ4n) is 3.23. The minimum atomic E-state index is -2.41. The fraction of sp³-hybridized carbons (Fsp3) is 1.00. The molecule has 10 heteroatoms. The Hall–Kier alpha value is 0.114. The molecule has 0 aliphatic heterocycles. The van der Waals surface area contributed by atoms with Gasteiger partial charge in [0.25, 0.3) is 0 Å². The van der Waals surface area contributed by atoms with Gasteiger partial charge < -0.3 is 36.4 Å². The highest BCUT2D eigenvalue weighted by Gasteiger charge is 2.39. The Kier molecular flexibility index (Phi) is 22.2. The standard InChI is InChI=1S/C13H31NO3Si.C8H21NO3Si/c1-6-14(7-2)12-11-13-18(15-8-3,16-9-4)17-10-5;1-9(2)7-6-8-13(10-3,11-4)12-5/h6-13H2,1-5H3;6-8H2,1-5H3. The molecule has 0 saturated heterocycles. The van der Waals surface area contributed by atoms with Crippen LogP contribution in [-0.4, -0.2) is 109 Å². The van der Waals surface area contributed by atoms with Crippen molar-refractivity contribution in [2.45, 2.75) is 59.5 Å². The van der Waals surface area contributed by atoms with Gasteiger partial charge in [-0.2, -0.15) is 0 Å². The first-order chi connectivity index (χ1) is 14.8. The second-order valence-corrected chi connectivity index (χ2v) is 13.1. The zero-order valence-electron chi connectivity index (χ0n) is 22.1. The number of hydrogen-bond donors (Lipinski definition) is 0. The molecule has 0 bridgehead atoms. The molecule has 0 amide bonds. The molecule has 0 N–H and O–H groups in total. The van der Waals surface area contributed by atoms with Gasteiger partial charge in [0, 0.05) is 53.2 Å². The fourth-order valence-corrected chi connectivity index (χ4v) is 7.53. The van der Waals surface area contributed by atoms with Crippen LogP contribution in [0.4, 0.5) is 0 Å². The third-order valence-corrected chi connectivity index (χ3v) is 10.9. The molecule has 31 heavy (non-hydrogen) atoms. The molecule has 8 nitrogen and oxygen atoms in total. The van der Waals surface area contributed by atoms with Gasteiger partial charge in [-0.05, 0) is 73.9 Å². The third-order valence-electron chi connectivity index (χ3n) is 4.97. The molecule has 0 radical (unpaired) electrons. The molecular formula is C21H52N2O6Si2. The Morgan fingerprint density at radius 3 is 1.29 bits per heavy atom. The Bertz CT molecular complexity index is 362. The summed E-state index contributed by atoms with van der Waals surface area (Å²) in [7, 11) is 4.32. The van der Waals surface area contributed by atoms with Crippen molar-refractivity contribution >= 4 is 17.6 Å². The molecule has 0 rings (SSSR count). The molecule has 0 fully saturated rings. The van der Waals surface area contributed by atoms with Crippen molar-refractivity contribution in [3.05, 3.63) is 0 Å². The summed E-state index contributed by atoms with van der Waals surface area (Å²) in [5.74, 6) is 0. The van der Waals surface area contributed by atoms with E-state index in [-0.39, 0.29) is 0 Å². The van der Waals surface area contributed by atoms with E-state index < -0.39 is 17.6 Å². The van der Waals surface area contributed by atoms with Gasteiger partial charge in [-0.15, -0.1) is 0 Å². The highest BCUT2D eigenvalue weighted by atomic mass is 28.4. The highest BCUT2D eigenvalue weighted by Crippen LogP contribution is 2.18. The first kappa shape index (κ1) is 33.3. The van der Waals surface area contributed by atoms with E-state index in [9.17, 15) is 0 Å². The maximum absolute atomic E-state index is 5.84. The van der Waals surface area contributed by atoms with Crippen LogP contribution in [0.1, 0.15) is 47.5 Å². The van der Waals surface area contributed by atoms with E-state index in [1.54, 1.807) is 21.3 Å². The van der Waals surface area contributed by atoms with Crippen LogP contribution >= 0.6 is 0 Å². The minimum absolute atomic E-state index is 0.664. The second-order valence-electron chi connectivity index (χ2n) is 7.31. The summed E-state index contributed by atoms with van der Waals surface area (Å²) in [6, 6.07) is 1.79. The van der Waals surface area contributed by atoms with Gasteiger partial charge in [0.15, 0.2) is 0 Å². The van der Waals surface area contributed by atoms with Crippen molar-refractivity contribution in [2.75, 3.05) is 81.4 Å². The molecule has 0 aromatic rings. The van der Waals surface area contributed by atoms with E-state index in [1.807, 2.05) is 20.8 Å². The monoisotopic (exact) mass is 484 g/mol. The van der Waals surface area contributed by atoms with Crippen LogP contribution in [0.15, 0.2) is 0 Å². The second kappa shape index (κ2) is 20.7. The van der Waals surface area contributed by atoms with Crippen LogP contribution in [0, 0.1) is 0 Å². The minimum Gasteiger partial charge on any atom is -0.377 e. The summed E-state index contributed by atoms with van der Waals surface area (Å²) in [5, 5.41) is 0. The van der Waals surface area contributed by atoms with Crippen molar-refractivity contribution in [1.29, 1.82) is 0 Å². The van der Waals surface area contributed by atoms with Crippen LogP contribution in [0.25, 0.3) is 0 Å². The molecule has 0 aromatic carbocycles. The lowest BCUT2D eigenvalue weighted by molar-refractivity contribution is 0.0700. The van der Waals surface area contributed by atoms with E-state index in [2.05, 4.69) is 37.7 Å². The van der Waals surface area contributed by atoms with Gasteiger partial charge in [-0.3, -0.25) is 0 Å². The topological polar surface area (TPSA) is 61.9 Å². The van der Waals surface area contributed by atoms with Crippen molar-refractivity contribution < 1.29 is 26.6 Å². The Morgan fingerprint density at radius 2 is 0.968 bits per heavy atom. The largest absolute Gasteiger partial charge is 0.500 e. The first-order valence-corrected chi connectivity index (χ1v) is 15.6. The molecule has 0 spiro atoms. The van der Waals surface area contributed by atoms with Gasteiger partial charge in [0.05, 0.1) is 0 Å². The summed E-state index contributed by atoms with van der Waals surface area (Å²) in [5.41, 5.74) is 0. The molecule has 0 aliphatic carbocycles. The van der Waals surface area contributed by atoms with Crippen molar-refractivity contribution in [2.24, 2.45) is 0 Å². The van der Waals surface area contributed by atoms with Gasteiger partial charge in [-0.25, -0.2) is 0 Å². The summed E-state index contributed by atoms with van der Waals surface area (Å²) in [4.78, 5) is 4.56. The van der Waals surface area contributed by atoms with Gasteiger partial charge >= 0.3 is 17.6 Å². The van der Waals surface area contributed by atoms with E-state index in [1.165, 1.54) is 0 Å². The number of nitrogens with zero attached hydrogens (tertiary/aromatic N) is 2. The first-order valence-electron chi connectivity index (χ1n) is 11.7. The Labute approximate surface area is 195 Å². The van der Waals surface area contributed by atoms with Crippen LogP contribution in [0.2, 0.25) is 12.1 Å². The van der Waals surface area contributed by atoms with Crippen molar-refractivity contribution in [1.82, 2.24) is 9.80 Å². The number of hydrogen-bond acceptors (Lipinski definition) is 8. The zero-order valence-corrected chi connectivity index (χ0v) is 24.1. The molecule has 190 valence electrons. The van der Waals surface area contributed by atoms with E-state index in [4.69, 9.17) is 26.6 Å². The van der Waals surface area contributed by atoms with Gasteiger partial charge in [0.2, 0.25) is 0 Å². The van der Waals surface area contributed by atoms with Crippen LogP contribution in [-0.2, 0) is 26.6 Å². The molecule has 0 unspecified atom stereocenters. The Morgan fingerprint density at radius 1 is 0.581 bits per heavy atom. The van der Waals surface area contributed by atoms with Crippen molar-refractivity contribution in [3.63, 3.8) is 0 Å². The van der Waals surface area contributed by atoms with E-state index in [0.29, 0.717) is 19.8 Å². The smallest absolute Gasteiger partial charge is 0.377 e. The lowest BCUT2D eigenvalue weighted by atomic mass is 10.4. The van der Waals surface area contributed by atoms with Gasteiger partial charge in [-0.1, -0.05) is 13.8 Å². The van der Waals surface area contributed by atoms with Gasteiger partial charge in [0.1, 0.15) is 0 Å². The summed E-state index contributed by atoms with van der Waals surface area (Å²) < 4.78 is 33.4. The average molecular weight is 485 g/mol. The quantitative estimate of drug-likeness (QED) is 0.258. The Balaban J connectivity index is 0. The zero-order chi connectivity index (χ0) is 24.2. The van der Waals surface area contributed by atoms with Crippen LogP contribution in [0.3, 0.4) is 0 Å². The molecule has 0 saturated carbocycles. The SMILES string of the molecule is CCO[Si](CCCN(CC)CC)(OCC)OCC.CO[Si](CCCN(C)C)(OC)OC. The predicted octanol–water partition coefficient (Wildman–Crippen LogP) is 3.58. The molecule has 0 aromatic heterocycles. The van der Waals surface area contributed by atoms with Crippen LogP contribution in [0.5, 0.6) is 0 Å². The summed E-state index contributed by atoms with van der Waals surface area (Å²) in [6.07, 6.45) is 2.11. The predicted molar refractivity (Wildman–Crippen MR) is 133 cm³/mol. The lowest BCUT2D eigenvalue weighted by Gasteiger charge is -2.29. The molecule has 0 heterocycles. The number of rotatable bonds is 19. The molecular weight excluding hydrogens is 432 g/mol. The molecule has 0 aliphatic rings. The third kappa shape index (κ3) is 15.6. The normalized spacial score (nSPS) is 12.4. The average Bonchev–Trinajstić information content (AvgIpc) is 2.75. The summed E-state index contributed by atoms with van der Waals surface area (Å²) >= 11 is 0. The lowest BCUT2D eigenvalue weighted by Crippen LogP contribution is -2.46. The van der Waals surface area contributed by atoms with Crippen molar-refractivity contribution in [3.8, 4) is 0 Å². The maximum atomic E-state index is 5.84. The van der Waals surface area contributed by atoms with E-state index in [0.717, 1.165) is 51.1 Å². The van der Waals surface area contributed by atoms with Crippen LogP contribution < -0.4 is 0 Å². The van der Waals surface area contributed by atoms with E-state index >= 15 is 0 Å².